The van der Waals surface area contributed by atoms with E-state index in [1.165, 1.54) is 24.3 Å². The Morgan fingerprint density at radius 2 is 2.14 bits per heavy atom. The number of ether oxygens (including phenoxy) is 1. The molecular formula is C12H9N5O4. The van der Waals surface area contributed by atoms with Crippen molar-refractivity contribution in [2.24, 2.45) is 5.10 Å². The van der Waals surface area contributed by atoms with E-state index in [4.69, 9.17) is 15.3 Å². The van der Waals surface area contributed by atoms with Gasteiger partial charge >= 0.3 is 5.97 Å². The second-order valence-electron chi connectivity index (χ2n) is 3.51. The van der Waals surface area contributed by atoms with Gasteiger partial charge in [-0.2, -0.15) is 15.6 Å². The van der Waals surface area contributed by atoms with Crippen molar-refractivity contribution in [1.29, 1.82) is 10.5 Å². The summed E-state index contributed by atoms with van der Waals surface area (Å²) in [7, 11) is 0. The van der Waals surface area contributed by atoms with Gasteiger partial charge in [0.2, 0.25) is 5.71 Å². The Morgan fingerprint density at radius 3 is 2.67 bits per heavy atom. The molecule has 0 radical (unpaired) electrons. The van der Waals surface area contributed by atoms with Crippen molar-refractivity contribution in [3.63, 3.8) is 0 Å². The predicted octanol–water partition coefficient (Wildman–Crippen LogP) is 1.59. The molecule has 106 valence electrons. The lowest BCUT2D eigenvalue weighted by Crippen LogP contribution is -2.06. The summed E-state index contributed by atoms with van der Waals surface area (Å²) in [6, 6.07) is 6.56. The van der Waals surface area contributed by atoms with E-state index < -0.39 is 22.3 Å². The summed E-state index contributed by atoms with van der Waals surface area (Å²) in [6.07, 6.45) is 0. The largest absolute Gasteiger partial charge is 0.462 e. The van der Waals surface area contributed by atoms with Crippen LogP contribution in [0.1, 0.15) is 17.3 Å². The monoisotopic (exact) mass is 287 g/mol. The molecule has 1 rings (SSSR count). The van der Waals surface area contributed by atoms with E-state index in [-0.39, 0.29) is 17.9 Å². The average Bonchev–Trinajstić information content (AvgIpc) is 2.48. The molecule has 0 fully saturated rings. The Hall–Kier alpha value is -3.46. The van der Waals surface area contributed by atoms with Gasteiger partial charge in [-0.05, 0) is 19.1 Å². The summed E-state index contributed by atoms with van der Waals surface area (Å²) in [5, 5.41) is 31.4. The Kier molecular flexibility index (Phi) is 5.35. The van der Waals surface area contributed by atoms with Gasteiger partial charge in [-0.3, -0.25) is 15.5 Å². The van der Waals surface area contributed by atoms with Crippen LogP contribution in [0.25, 0.3) is 0 Å². The van der Waals surface area contributed by atoms with Gasteiger partial charge in [-0.1, -0.05) is 0 Å². The summed E-state index contributed by atoms with van der Waals surface area (Å²) in [5.74, 6) is -0.689. The maximum atomic E-state index is 11.5. The Balaban J connectivity index is 3.15. The molecule has 21 heavy (non-hydrogen) atoms. The number of nitrogens with zero attached hydrogens (tertiary/aromatic N) is 4. The molecule has 1 N–H and O–H groups in total. The van der Waals surface area contributed by atoms with Crippen molar-refractivity contribution in [3.05, 3.63) is 33.9 Å². The zero-order valence-corrected chi connectivity index (χ0v) is 10.9. The standard InChI is InChI=1S/C12H9N5O4/c1-2-21-12(18)8-3-4-10(11(5-8)17(19)20)16-15-9(6-13)7-14/h3-5,16H,2H2,1H3. The first-order valence-corrected chi connectivity index (χ1v) is 5.63. The lowest BCUT2D eigenvalue weighted by atomic mass is 10.2. The van der Waals surface area contributed by atoms with Gasteiger partial charge in [-0.25, -0.2) is 4.79 Å². The third-order valence-corrected chi connectivity index (χ3v) is 2.21. The zero-order chi connectivity index (χ0) is 15.8. The number of rotatable bonds is 5. The number of nitro benzene ring substituents is 1. The second kappa shape index (κ2) is 7.21. The van der Waals surface area contributed by atoms with Crippen LogP contribution in [0.3, 0.4) is 0 Å². The van der Waals surface area contributed by atoms with Gasteiger partial charge in [0.15, 0.2) is 0 Å². The van der Waals surface area contributed by atoms with Gasteiger partial charge in [0.1, 0.15) is 17.8 Å². The first kappa shape index (κ1) is 15.6. The van der Waals surface area contributed by atoms with E-state index in [0.29, 0.717) is 0 Å². The van der Waals surface area contributed by atoms with Gasteiger partial charge in [0.25, 0.3) is 5.69 Å². The van der Waals surface area contributed by atoms with E-state index in [9.17, 15) is 14.9 Å². The lowest BCUT2D eigenvalue weighted by molar-refractivity contribution is -0.384. The van der Waals surface area contributed by atoms with Crippen LogP contribution in [-0.4, -0.2) is 23.2 Å². The fraction of sp³-hybridized carbons (Fsp3) is 0.167. The maximum absolute atomic E-state index is 11.5. The highest BCUT2D eigenvalue weighted by Gasteiger charge is 2.18. The van der Waals surface area contributed by atoms with Crippen molar-refractivity contribution in [3.8, 4) is 12.1 Å². The summed E-state index contributed by atoms with van der Waals surface area (Å²) in [4.78, 5) is 21.8. The van der Waals surface area contributed by atoms with E-state index >= 15 is 0 Å². The molecule has 0 spiro atoms. The van der Waals surface area contributed by atoms with Crippen LogP contribution in [0.15, 0.2) is 23.3 Å². The molecule has 0 heterocycles. The van der Waals surface area contributed by atoms with Crippen LogP contribution in [0.4, 0.5) is 11.4 Å². The fourth-order valence-corrected chi connectivity index (χ4v) is 1.31. The Labute approximate surface area is 119 Å². The Morgan fingerprint density at radius 1 is 1.48 bits per heavy atom. The van der Waals surface area contributed by atoms with E-state index in [1.54, 1.807) is 6.92 Å². The predicted molar refractivity (Wildman–Crippen MR) is 71.3 cm³/mol. The minimum Gasteiger partial charge on any atom is -0.462 e. The van der Waals surface area contributed by atoms with Crippen LogP contribution in [-0.2, 0) is 4.74 Å². The molecule has 0 amide bonds. The molecule has 0 saturated heterocycles. The van der Waals surface area contributed by atoms with Gasteiger partial charge < -0.3 is 4.74 Å². The number of esters is 1. The summed E-state index contributed by atoms with van der Waals surface area (Å²) < 4.78 is 4.74. The number of nitrogens with one attached hydrogen (secondary N) is 1. The van der Waals surface area contributed by atoms with E-state index in [0.717, 1.165) is 6.07 Å². The van der Waals surface area contributed by atoms with E-state index in [1.807, 2.05) is 0 Å². The number of benzene rings is 1. The normalized spacial score (nSPS) is 8.90. The summed E-state index contributed by atoms with van der Waals surface area (Å²) >= 11 is 0. The molecule has 0 aliphatic heterocycles. The van der Waals surface area contributed by atoms with Gasteiger partial charge in [0, 0.05) is 6.07 Å². The molecule has 1 aromatic rings. The highest BCUT2D eigenvalue weighted by Crippen LogP contribution is 2.26. The zero-order valence-electron chi connectivity index (χ0n) is 10.9. The summed E-state index contributed by atoms with van der Waals surface area (Å²) in [5.41, 5.74) is 1.28. The third kappa shape index (κ3) is 4.01. The first-order valence-electron chi connectivity index (χ1n) is 5.63. The molecule has 9 heteroatoms. The molecular weight excluding hydrogens is 278 g/mol. The average molecular weight is 287 g/mol. The molecule has 0 aliphatic carbocycles. The van der Waals surface area contributed by atoms with Crippen molar-refractivity contribution in [2.45, 2.75) is 6.92 Å². The molecule has 0 saturated carbocycles. The molecule has 0 aromatic heterocycles. The topological polar surface area (TPSA) is 141 Å². The number of nitriles is 2. The SMILES string of the molecule is CCOC(=O)c1ccc(NN=C(C#N)C#N)c([N+](=O)[O-])c1. The van der Waals surface area contributed by atoms with E-state index in [2.05, 4.69) is 10.5 Å². The van der Waals surface area contributed by atoms with Crippen molar-refractivity contribution >= 4 is 23.1 Å². The minimum absolute atomic E-state index is 0.0128. The first-order chi connectivity index (χ1) is 10.0. The number of anilines is 1. The number of carbonyl (C=O) groups is 1. The number of carbonyl (C=O) groups excluding carboxylic acids is 1. The summed E-state index contributed by atoms with van der Waals surface area (Å²) in [6.45, 7) is 1.76. The van der Waals surface area contributed by atoms with Crippen LogP contribution in [0, 0.1) is 32.8 Å². The Bertz CT molecular complexity index is 668. The molecule has 0 aliphatic rings. The molecule has 0 bridgehead atoms. The van der Waals surface area contributed by atoms with Crippen LogP contribution < -0.4 is 5.43 Å². The smallest absolute Gasteiger partial charge is 0.338 e. The lowest BCUT2D eigenvalue weighted by Gasteiger charge is -2.05. The minimum atomic E-state index is -0.723. The highest BCUT2D eigenvalue weighted by atomic mass is 16.6. The number of hydrazone groups is 1. The number of hydrogen-bond donors (Lipinski definition) is 1. The highest BCUT2D eigenvalue weighted by molar-refractivity contribution is 6.10. The van der Waals surface area contributed by atoms with Crippen molar-refractivity contribution in [1.82, 2.24) is 0 Å². The van der Waals surface area contributed by atoms with Crippen LogP contribution in [0.2, 0.25) is 0 Å². The fourth-order valence-electron chi connectivity index (χ4n) is 1.31. The molecule has 0 unspecified atom stereocenters. The van der Waals surface area contributed by atoms with Crippen LogP contribution in [0.5, 0.6) is 0 Å². The van der Waals surface area contributed by atoms with Gasteiger partial charge in [-0.15, -0.1) is 0 Å². The maximum Gasteiger partial charge on any atom is 0.338 e. The molecule has 0 atom stereocenters. The molecule has 1 aromatic carbocycles. The second-order valence-corrected chi connectivity index (χ2v) is 3.51. The third-order valence-electron chi connectivity index (χ3n) is 2.21. The van der Waals surface area contributed by atoms with Crippen molar-refractivity contribution in [2.75, 3.05) is 12.0 Å². The van der Waals surface area contributed by atoms with Crippen LogP contribution >= 0.6 is 0 Å². The quantitative estimate of drug-likeness (QED) is 0.375. The number of hydrogen-bond acceptors (Lipinski definition) is 8. The van der Waals surface area contributed by atoms with Gasteiger partial charge in [0.05, 0.1) is 17.1 Å². The molecule has 9 nitrogen and oxygen atoms in total. The van der Waals surface area contributed by atoms with Crippen molar-refractivity contribution < 1.29 is 14.5 Å². The number of nitro groups is 1.